The molecule has 1 aromatic heterocycles. The number of ether oxygens (including phenoxy) is 1. The Bertz CT molecular complexity index is 351. The minimum Gasteiger partial charge on any atom is -0.383 e. The monoisotopic (exact) mass is 282 g/mol. The average molecular weight is 282 g/mol. The van der Waals surface area contributed by atoms with Crippen molar-refractivity contribution in [2.24, 2.45) is 11.8 Å². The van der Waals surface area contributed by atoms with Gasteiger partial charge in [-0.05, 0) is 31.2 Å². The zero-order chi connectivity index (χ0) is 14.8. The maximum absolute atomic E-state index is 5.07. The second-order valence-corrected chi connectivity index (χ2v) is 5.80. The molecule has 0 aliphatic rings. The van der Waals surface area contributed by atoms with Crippen LogP contribution < -0.4 is 5.32 Å². The maximum atomic E-state index is 5.07. The largest absolute Gasteiger partial charge is 0.383 e. The topological polar surface area (TPSA) is 52.0 Å². The molecule has 0 aliphatic heterocycles. The first-order valence-corrected chi connectivity index (χ1v) is 7.73. The van der Waals surface area contributed by atoms with Gasteiger partial charge < -0.3 is 10.1 Å². The summed E-state index contributed by atoms with van der Waals surface area (Å²) in [6.07, 6.45) is 4.98. The maximum Gasteiger partial charge on any atom is 0.138 e. The summed E-state index contributed by atoms with van der Waals surface area (Å²) >= 11 is 0. The van der Waals surface area contributed by atoms with Crippen molar-refractivity contribution in [2.75, 3.05) is 26.8 Å². The van der Waals surface area contributed by atoms with Gasteiger partial charge in [0.1, 0.15) is 12.2 Å². The molecule has 1 unspecified atom stereocenters. The minimum atomic E-state index is 0.603. The molecule has 0 fully saturated rings. The lowest BCUT2D eigenvalue weighted by Crippen LogP contribution is -2.29. The molecule has 0 saturated carbocycles. The summed E-state index contributed by atoms with van der Waals surface area (Å²) in [5, 5.41) is 7.79. The summed E-state index contributed by atoms with van der Waals surface area (Å²) in [5.74, 6) is 2.42. The highest BCUT2D eigenvalue weighted by atomic mass is 16.5. The molecule has 0 spiro atoms. The van der Waals surface area contributed by atoms with E-state index in [1.54, 1.807) is 13.4 Å². The van der Waals surface area contributed by atoms with Crippen molar-refractivity contribution in [1.29, 1.82) is 0 Å². The van der Waals surface area contributed by atoms with E-state index in [1.165, 1.54) is 6.42 Å². The van der Waals surface area contributed by atoms with E-state index in [0.29, 0.717) is 11.8 Å². The molecule has 5 nitrogen and oxygen atoms in total. The molecule has 1 atom stereocenters. The van der Waals surface area contributed by atoms with Crippen LogP contribution in [0.5, 0.6) is 0 Å². The summed E-state index contributed by atoms with van der Waals surface area (Å²) < 4.78 is 7.12. The van der Waals surface area contributed by atoms with Gasteiger partial charge in [0.2, 0.25) is 0 Å². The third kappa shape index (κ3) is 6.48. The molecule has 20 heavy (non-hydrogen) atoms. The molecule has 1 heterocycles. The lowest BCUT2D eigenvalue weighted by Gasteiger charge is -2.19. The number of nitrogens with zero attached hydrogens (tertiary/aromatic N) is 3. The van der Waals surface area contributed by atoms with E-state index < -0.39 is 0 Å². The summed E-state index contributed by atoms with van der Waals surface area (Å²) in [6, 6.07) is 0. The van der Waals surface area contributed by atoms with Crippen molar-refractivity contribution in [3.05, 3.63) is 12.2 Å². The van der Waals surface area contributed by atoms with Gasteiger partial charge in [-0.25, -0.2) is 4.98 Å². The molecule has 0 bridgehead atoms. The van der Waals surface area contributed by atoms with Crippen molar-refractivity contribution in [1.82, 2.24) is 20.1 Å². The summed E-state index contributed by atoms with van der Waals surface area (Å²) in [5.41, 5.74) is 0. The van der Waals surface area contributed by atoms with Gasteiger partial charge in [-0.1, -0.05) is 20.8 Å². The number of nitrogens with one attached hydrogen (secondary N) is 1. The van der Waals surface area contributed by atoms with E-state index in [2.05, 4.69) is 36.2 Å². The Balaban J connectivity index is 2.51. The van der Waals surface area contributed by atoms with Gasteiger partial charge in [-0.3, -0.25) is 4.68 Å². The highest BCUT2D eigenvalue weighted by molar-refractivity contribution is 4.88. The third-order valence-electron chi connectivity index (χ3n) is 3.32. The van der Waals surface area contributed by atoms with Crippen molar-refractivity contribution < 1.29 is 4.74 Å². The van der Waals surface area contributed by atoms with Crippen molar-refractivity contribution in [3.8, 4) is 0 Å². The Labute approximate surface area is 123 Å². The zero-order valence-electron chi connectivity index (χ0n) is 13.4. The van der Waals surface area contributed by atoms with Crippen LogP contribution in [-0.4, -0.2) is 41.6 Å². The number of aromatic nitrogens is 3. The first-order chi connectivity index (χ1) is 9.67. The molecular formula is C15H30N4O. The van der Waals surface area contributed by atoms with Gasteiger partial charge in [-0.2, -0.15) is 5.10 Å². The van der Waals surface area contributed by atoms with Gasteiger partial charge in [-0.15, -0.1) is 0 Å². The van der Waals surface area contributed by atoms with Crippen LogP contribution in [-0.2, 0) is 17.7 Å². The van der Waals surface area contributed by atoms with Crippen LogP contribution in [0.3, 0.4) is 0 Å². The number of rotatable bonds is 11. The lowest BCUT2D eigenvalue weighted by molar-refractivity contribution is 0.196. The summed E-state index contributed by atoms with van der Waals surface area (Å²) in [6.45, 7) is 10.4. The van der Waals surface area contributed by atoms with Crippen LogP contribution in [0.4, 0.5) is 0 Å². The van der Waals surface area contributed by atoms with Crippen LogP contribution in [0.1, 0.15) is 39.4 Å². The second kappa shape index (κ2) is 9.88. The standard InChI is InChI=1S/C15H30N4O/c1-5-7-19-15(17-12-18-19)10-14(9-13(2)3)11-16-6-8-20-4/h12-14,16H,5-11H2,1-4H3. The lowest BCUT2D eigenvalue weighted by atomic mass is 9.93. The summed E-state index contributed by atoms with van der Waals surface area (Å²) in [4.78, 5) is 4.43. The molecule has 0 aromatic carbocycles. The zero-order valence-corrected chi connectivity index (χ0v) is 13.4. The molecular weight excluding hydrogens is 252 g/mol. The molecule has 116 valence electrons. The molecule has 0 amide bonds. The number of methoxy groups -OCH3 is 1. The SMILES string of the molecule is CCCn1ncnc1CC(CNCCOC)CC(C)C. The first kappa shape index (κ1) is 17.1. The Morgan fingerprint density at radius 3 is 2.85 bits per heavy atom. The van der Waals surface area contributed by atoms with Crippen LogP contribution >= 0.6 is 0 Å². The Morgan fingerprint density at radius 2 is 2.20 bits per heavy atom. The molecule has 5 heteroatoms. The van der Waals surface area contributed by atoms with Crippen LogP contribution in [0, 0.1) is 11.8 Å². The fraction of sp³-hybridized carbons (Fsp3) is 0.867. The van der Waals surface area contributed by atoms with E-state index in [9.17, 15) is 0 Å². The van der Waals surface area contributed by atoms with Crippen molar-refractivity contribution >= 4 is 0 Å². The second-order valence-electron chi connectivity index (χ2n) is 5.80. The van der Waals surface area contributed by atoms with Crippen LogP contribution in [0.2, 0.25) is 0 Å². The minimum absolute atomic E-state index is 0.603. The quantitative estimate of drug-likeness (QED) is 0.632. The molecule has 1 aromatic rings. The Hall–Kier alpha value is -0.940. The highest BCUT2D eigenvalue weighted by Gasteiger charge is 2.15. The fourth-order valence-electron chi connectivity index (χ4n) is 2.49. The smallest absolute Gasteiger partial charge is 0.138 e. The number of aryl methyl sites for hydroxylation is 1. The van der Waals surface area contributed by atoms with Crippen LogP contribution in [0.15, 0.2) is 6.33 Å². The van der Waals surface area contributed by atoms with E-state index in [0.717, 1.165) is 44.9 Å². The third-order valence-corrected chi connectivity index (χ3v) is 3.32. The van der Waals surface area contributed by atoms with Crippen molar-refractivity contribution in [2.45, 2.75) is 46.6 Å². The van der Waals surface area contributed by atoms with Gasteiger partial charge >= 0.3 is 0 Å². The fourth-order valence-corrected chi connectivity index (χ4v) is 2.49. The van der Waals surface area contributed by atoms with Gasteiger partial charge in [0.05, 0.1) is 6.61 Å². The Morgan fingerprint density at radius 1 is 1.40 bits per heavy atom. The number of hydrogen-bond donors (Lipinski definition) is 1. The van der Waals surface area contributed by atoms with Crippen LogP contribution in [0.25, 0.3) is 0 Å². The van der Waals surface area contributed by atoms with Gasteiger partial charge in [0.15, 0.2) is 0 Å². The molecule has 0 saturated heterocycles. The van der Waals surface area contributed by atoms with E-state index in [-0.39, 0.29) is 0 Å². The highest BCUT2D eigenvalue weighted by Crippen LogP contribution is 2.15. The number of hydrogen-bond acceptors (Lipinski definition) is 4. The van der Waals surface area contributed by atoms with E-state index in [1.807, 2.05) is 4.68 Å². The van der Waals surface area contributed by atoms with Crippen molar-refractivity contribution in [3.63, 3.8) is 0 Å². The average Bonchev–Trinajstić information content (AvgIpc) is 2.82. The van der Waals surface area contributed by atoms with E-state index >= 15 is 0 Å². The van der Waals surface area contributed by atoms with Gasteiger partial charge in [0.25, 0.3) is 0 Å². The Kier molecular flexibility index (Phi) is 8.46. The molecule has 1 N–H and O–H groups in total. The predicted octanol–water partition coefficient (Wildman–Crippen LogP) is 2.13. The first-order valence-electron chi connectivity index (χ1n) is 7.73. The van der Waals surface area contributed by atoms with Gasteiger partial charge in [0, 0.05) is 26.6 Å². The molecule has 1 rings (SSSR count). The summed E-state index contributed by atoms with van der Waals surface area (Å²) in [7, 11) is 1.74. The van der Waals surface area contributed by atoms with E-state index in [4.69, 9.17) is 4.74 Å². The molecule has 0 aliphatic carbocycles. The predicted molar refractivity (Wildman–Crippen MR) is 81.7 cm³/mol. The molecule has 0 radical (unpaired) electrons. The normalized spacial score (nSPS) is 13.1.